The molecule has 0 bridgehead atoms. The van der Waals surface area contributed by atoms with E-state index in [0.717, 1.165) is 31.6 Å². The molecule has 19 heavy (non-hydrogen) atoms. The molecule has 0 saturated carbocycles. The van der Waals surface area contributed by atoms with Gasteiger partial charge in [0.15, 0.2) is 0 Å². The molecule has 3 heteroatoms. The SMILES string of the molecule is CCC(NCCOCCC(C)C)c1cccc(F)c1. The minimum absolute atomic E-state index is 0.175. The van der Waals surface area contributed by atoms with Crippen LogP contribution in [0.1, 0.15) is 45.2 Å². The van der Waals surface area contributed by atoms with Gasteiger partial charge in [-0.05, 0) is 36.5 Å². The molecule has 1 aromatic carbocycles. The molecule has 0 fully saturated rings. The zero-order valence-electron chi connectivity index (χ0n) is 12.3. The third kappa shape index (κ3) is 6.69. The Morgan fingerprint density at radius 3 is 2.68 bits per heavy atom. The Kier molecular flexibility index (Phi) is 7.68. The number of hydrogen-bond acceptors (Lipinski definition) is 2. The van der Waals surface area contributed by atoms with Gasteiger partial charge in [0.25, 0.3) is 0 Å². The number of rotatable bonds is 9. The Labute approximate surface area is 116 Å². The summed E-state index contributed by atoms with van der Waals surface area (Å²) in [5.74, 6) is 0.509. The van der Waals surface area contributed by atoms with E-state index in [1.54, 1.807) is 12.1 Å². The van der Waals surface area contributed by atoms with E-state index in [0.29, 0.717) is 12.5 Å². The van der Waals surface area contributed by atoms with Crippen LogP contribution >= 0.6 is 0 Å². The molecule has 0 aliphatic carbocycles. The molecule has 0 aromatic heterocycles. The highest BCUT2D eigenvalue weighted by atomic mass is 19.1. The Balaban J connectivity index is 2.26. The maximum atomic E-state index is 13.2. The lowest BCUT2D eigenvalue weighted by atomic mass is 10.0. The zero-order valence-corrected chi connectivity index (χ0v) is 12.3. The van der Waals surface area contributed by atoms with Gasteiger partial charge < -0.3 is 10.1 Å². The first kappa shape index (κ1) is 16.1. The van der Waals surface area contributed by atoms with Crippen molar-refractivity contribution in [2.75, 3.05) is 19.8 Å². The highest BCUT2D eigenvalue weighted by Gasteiger charge is 2.08. The van der Waals surface area contributed by atoms with Crippen molar-refractivity contribution in [2.45, 2.75) is 39.7 Å². The third-order valence-electron chi connectivity index (χ3n) is 3.14. The maximum Gasteiger partial charge on any atom is 0.123 e. The third-order valence-corrected chi connectivity index (χ3v) is 3.14. The number of ether oxygens (including phenoxy) is 1. The Morgan fingerprint density at radius 1 is 1.26 bits per heavy atom. The van der Waals surface area contributed by atoms with Crippen molar-refractivity contribution in [1.82, 2.24) is 5.32 Å². The summed E-state index contributed by atoms with van der Waals surface area (Å²) >= 11 is 0. The van der Waals surface area contributed by atoms with Crippen LogP contribution in [0.15, 0.2) is 24.3 Å². The molecular weight excluding hydrogens is 241 g/mol. The summed E-state index contributed by atoms with van der Waals surface area (Å²) in [6.45, 7) is 8.81. The summed E-state index contributed by atoms with van der Waals surface area (Å²) in [6.07, 6.45) is 2.04. The van der Waals surface area contributed by atoms with Crippen molar-refractivity contribution in [3.63, 3.8) is 0 Å². The Hall–Kier alpha value is -0.930. The number of benzene rings is 1. The summed E-state index contributed by atoms with van der Waals surface area (Å²) in [7, 11) is 0. The van der Waals surface area contributed by atoms with Gasteiger partial charge in [-0.25, -0.2) is 4.39 Å². The molecule has 1 rings (SSSR count). The van der Waals surface area contributed by atoms with Crippen molar-refractivity contribution in [3.05, 3.63) is 35.6 Å². The molecule has 0 amide bonds. The smallest absolute Gasteiger partial charge is 0.123 e. The fourth-order valence-corrected chi connectivity index (χ4v) is 1.95. The first-order chi connectivity index (χ1) is 9.13. The van der Waals surface area contributed by atoms with Crippen LogP contribution in [0, 0.1) is 11.7 Å². The molecule has 2 nitrogen and oxygen atoms in total. The Bertz CT molecular complexity index is 354. The van der Waals surface area contributed by atoms with Crippen LogP contribution in [-0.4, -0.2) is 19.8 Å². The van der Waals surface area contributed by atoms with Crippen molar-refractivity contribution >= 4 is 0 Å². The van der Waals surface area contributed by atoms with E-state index >= 15 is 0 Å². The standard InChI is InChI=1S/C16H26FNO/c1-4-16(14-6-5-7-15(17)12-14)18-9-11-19-10-8-13(2)3/h5-7,12-13,16,18H,4,8-11H2,1-3H3. The molecule has 1 N–H and O–H groups in total. The van der Waals surface area contributed by atoms with Gasteiger partial charge >= 0.3 is 0 Å². The van der Waals surface area contributed by atoms with E-state index in [1.807, 2.05) is 6.07 Å². The molecule has 0 saturated heterocycles. The number of hydrogen-bond donors (Lipinski definition) is 1. The molecule has 0 aliphatic rings. The first-order valence-corrected chi connectivity index (χ1v) is 7.20. The molecule has 108 valence electrons. The fraction of sp³-hybridized carbons (Fsp3) is 0.625. The summed E-state index contributed by atoms with van der Waals surface area (Å²) in [6, 6.07) is 6.99. The zero-order chi connectivity index (χ0) is 14.1. The van der Waals surface area contributed by atoms with Gasteiger partial charge in [0.1, 0.15) is 5.82 Å². The monoisotopic (exact) mass is 267 g/mol. The van der Waals surface area contributed by atoms with Gasteiger partial charge in [0.05, 0.1) is 6.61 Å². The van der Waals surface area contributed by atoms with Gasteiger partial charge in [-0.15, -0.1) is 0 Å². The van der Waals surface area contributed by atoms with E-state index in [2.05, 4.69) is 26.1 Å². The summed E-state index contributed by atoms with van der Waals surface area (Å²) in [5, 5.41) is 3.41. The second-order valence-electron chi connectivity index (χ2n) is 5.26. The Morgan fingerprint density at radius 2 is 2.05 bits per heavy atom. The van der Waals surface area contributed by atoms with Crippen LogP contribution in [0.5, 0.6) is 0 Å². The van der Waals surface area contributed by atoms with Crippen LogP contribution in [0.3, 0.4) is 0 Å². The van der Waals surface area contributed by atoms with E-state index in [4.69, 9.17) is 4.74 Å². The first-order valence-electron chi connectivity index (χ1n) is 7.20. The largest absolute Gasteiger partial charge is 0.380 e. The minimum Gasteiger partial charge on any atom is -0.380 e. The van der Waals surface area contributed by atoms with E-state index < -0.39 is 0 Å². The normalized spacial score (nSPS) is 12.9. The lowest BCUT2D eigenvalue weighted by Crippen LogP contribution is -2.25. The van der Waals surface area contributed by atoms with Gasteiger partial charge in [-0.1, -0.05) is 32.9 Å². The maximum absolute atomic E-state index is 13.2. The van der Waals surface area contributed by atoms with Gasteiger partial charge in [0.2, 0.25) is 0 Å². The van der Waals surface area contributed by atoms with Gasteiger partial charge in [-0.3, -0.25) is 0 Å². The highest BCUT2D eigenvalue weighted by Crippen LogP contribution is 2.16. The molecule has 0 spiro atoms. The fourth-order valence-electron chi connectivity index (χ4n) is 1.95. The van der Waals surface area contributed by atoms with Crippen molar-refractivity contribution in [1.29, 1.82) is 0 Å². The van der Waals surface area contributed by atoms with Crippen molar-refractivity contribution < 1.29 is 9.13 Å². The average molecular weight is 267 g/mol. The molecule has 0 heterocycles. The van der Waals surface area contributed by atoms with Gasteiger partial charge in [-0.2, -0.15) is 0 Å². The van der Waals surface area contributed by atoms with Crippen LogP contribution in [-0.2, 0) is 4.74 Å². The second-order valence-corrected chi connectivity index (χ2v) is 5.26. The molecule has 1 aromatic rings. The van der Waals surface area contributed by atoms with E-state index in [1.165, 1.54) is 6.07 Å². The van der Waals surface area contributed by atoms with Crippen molar-refractivity contribution in [2.24, 2.45) is 5.92 Å². The van der Waals surface area contributed by atoms with E-state index in [-0.39, 0.29) is 11.9 Å². The number of halogens is 1. The molecule has 0 radical (unpaired) electrons. The predicted molar refractivity (Wildman–Crippen MR) is 77.7 cm³/mol. The minimum atomic E-state index is -0.175. The second kappa shape index (κ2) is 9.05. The molecule has 1 unspecified atom stereocenters. The predicted octanol–water partition coefficient (Wildman–Crippen LogP) is 3.93. The molecule has 1 atom stereocenters. The summed E-state index contributed by atoms with van der Waals surface area (Å²) in [5.41, 5.74) is 1.00. The van der Waals surface area contributed by atoms with Crippen LogP contribution < -0.4 is 5.32 Å². The lowest BCUT2D eigenvalue weighted by molar-refractivity contribution is 0.123. The van der Waals surface area contributed by atoms with Crippen molar-refractivity contribution in [3.8, 4) is 0 Å². The van der Waals surface area contributed by atoms with Crippen LogP contribution in [0.25, 0.3) is 0 Å². The van der Waals surface area contributed by atoms with Crippen LogP contribution in [0.2, 0.25) is 0 Å². The van der Waals surface area contributed by atoms with Gasteiger partial charge in [0, 0.05) is 19.2 Å². The highest BCUT2D eigenvalue weighted by molar-refractivity contribution is 5.19. The molecule has 0 aliphatic heterocycles. The topological polar surface area (TPSA) is 21.3 Å². The molecular formula is C16H26FNO. The number of nitrogens with one attached hydrogen (secondary N) is 1. The van der Waals surface area contributed by atoms with E-state index in [9.17, 15) is 4.39 Å². The van der Waals surface area contributed by atoms with Crippen LogP contribution in [0.4, 0.5) is 4.39 Å². The summed E-state index contributed by atoms with van der Waals surface area (Å²) < 4.78 is 18.7. The summed E-state index contributed by atoms with van der Waals surface area (Å²) in [4.78, 5) is 0. The lowest BCUT2D eigenvalue weighted by Gasteiger charge is -2.17. The average Bonchev–Trinajstić information content (AvgIpc) is 2.37. The quantitative estimate of drug-likeness (QED) is 0.684.